The summed E-state index contributed by atoms with van der Waals surface area (Å²) in [5.74, 6) is -1.80. The molecule has 0 aliphatic heterocycles. The van der Waals surface area contributed by atoms with Crippen molar-refractivity contribution in [1.29, 1.82) is 0 Å². The van der Waals surface area contributed by atoms with Crippen LogP contribution in [0.2, 0.25) is 0 Å². The molecule has 0 aromatic heterocycles. The molecule has 2 nitrogen and oxygen atoms in total. The van der Waals surface area contributed by atoms with E-state index >= 15 is 0 Å². The van der Waals surface area contributed by atoms with Gasteiger partial charge in [0.25, 0.3) is 0 Å². The molecule has 1 aliphatic carbocycles. The number of carbonyl (C=O) groups excluding carboxylic acids is 1. The van der Waals surface area contributed by atoms with Gasteiger partial charge in [-0.05, 0) is 24.1 Å². The van der Waals surface area contributed by atoms with Crippen molar-refractivity contribution in [3.05, 3.63) is 29.3 Å². The minimum absolute atomic E-state index is 0.0537. The van der Waals surface area contributed by atoms with Crippen molar-refractivity contribution >= 4 is 11.5 Å². The summed E-state index contributed by atoms with van der Waals surface area (Å²) in [7, 11) is 0. The number of Topliss-reactive ketones (excluding diaryl/α,β-unsaturated/α-hetero) is 1. The van der Waals surface area contributed by atoms with Gasteiger partial charge in [-0.2, -0.15) is 13.2 Å². The van der Waals surface area contributed by atoms with Crippen molar-refractivity contribution in [2.45, 2.75) is 24.9 Å². The van der Waals surface area contributed by atoms with E-state index in [1.807, 2.05) is 0 Å². The number of benzene rings is 1. The van der Waals surface area contributed by atoms with E-state index in [1.165, 1.54) is 18.2 Å². The molecule has 0 unspecified atom stereocenters. The number of hydrogen-bond acceptors (Lipinski definition) is 2. The predicted octanol–water partition coefficient (Wildman–Crippen LogP) is 2.89. The number of carbonyl (C=O) groups is 1. The van der Waals surface area contributed by atoms with E-state index in [1.54, 1.807) is 0 Å². The minimum Gasteiger partial charge on any atom is -0.399 e. The number of nitrogens with two attached hydrogens (primary N) is 1. The van der Waals surface area contributed by atoms with Gasteiger partial charge in [0.2, 0.25) is 0 Å². The second kappa shape index (κ2) is 3.50. The van der Waals surface area contributed by atoms with Gasteiger partial charge in [0.05, 0.1) is 5.92 Å². The molecule has 0 saturated carbocycles. The second-order valence-electron chi connectivity index (χ2n) is 3.90. The van der Waals surface area contributed by atoms with E-state index in [0.29, 0.717) is 5.69 Å². The highest BCUT2D eigenvalue weighted by atomic mass is 19.4. The van der Waals surface area contributed by atoms with Crippen LogP contribution in [0.3, 0.4) is 0 Å². The molecule has 0 fully saturated rings. The molecule has 16 heavy (non-hydrogen) atoms. The number of halogens is 3. The summed E-state index contributed by atoms with van der Waals surface area (Å²) in [6.07, 6.45) is -4.54. The van der Waals surface area contributed by atoms with Gasteiger partial charge in [-0.15, -0.1) is 0 Å². The Morgan fingerprint density at radius 1 is 1.31 bits per heavy atom. The van der Waals surface area contributed by atoms with Crippen LogP contribution < -0.4 is 5.73 Å². The molecule has 2 N–H and O–H groups in total. The minimum atomic E-state index is -4.30. The first-order valence-electron chi connectivity index (χ1n) is 4.89. The average molecular weight is 229 g/mol. The van der Waals surface area contributed by atoms with Crippen molar-refractivity contribution < 1.29 is 18.0 Å². The number of alkyl halides is 3. The Labute approximate surface area is 90.2 Å². The van der Waals surface area contributed by atoms with Gasteiger partial charge in [0.1, 0.15) is 0 Å². The van der Waals surface area contributed by atoms with Crippen LogP contribution in [0.4, 0.5) is 18.9 Å². The number of nitrogen functional groups attached to an aromatic ring is 1. The Morgan fingerprint density at radius 3 is 2.62 bits per heavy atom. The van der Waals surface area contributed by atoms with E-state index in [2.05, 4.69) is 0 Å². The van der Waals surface area contributed by atoms with Crippen LogP contribution in [0.1, 0.15) is 34.7 Å². The lowest BCUT2D eigenvalue weighted by Crippen LogP contribution is -2.27. The lowest BCUT2D eigenvalue weighted by atomic mass is 9.81. The first kappa shape index (κ1) is 11.0. The van der Waals surface area contributed by atoms with Gasteiger partial charge < -0.3 is 5.73 Å². The molecule has 0 bridgehead atoms. The molecule has 1 aromatic rings. The highest BCUT2D eigenvalue weighted by Gasteiger charge is 2.44. The summed E-state index contributed by atoms with van der Waals surface area (Å²) in [5, 5.41) is 0. The summed E-state index contributed by atoms with van der Waals surface area (Å²) in [6.45, 7) is 0. The molecule has 0 radical (unpaired) electrons. The Hall–Kier alpha value is -1.52. The van der Waals surface area contributed by atoms with Gasteiger partial charge in [-0.25, -0.2) is 0 Å². The Bertz CT molecular complexity index is 439. The molecule has 1 aromatic carbocycles. The second-order valence-corrected chi connectivity index (χ2v) is 3.90. The molecular weight excluding hydrogens is 219 g/mol. The molecule has 86 valence electrons. The van der Waals surface area contributed by atoms with Gasteiger partial charge in [0, 0.05) is 17.7 Å². The highest BCUT2D eigenvalue weighted by Crippen LogP contribution is 2.43. The van der Waals surface area contributed by atoms with Crippen LogP contribution in [0, 0.1) is 0 Å². The zero-order valence-corrected chi connectivity index (χ0v) is 8.34. The van der Waals surface area contributed by atoms with E-state index in [9.17, 15) is 18.0 Å². The first-order chi connectivity index (χ1) is 7.39. The maximum absolute atomic E-state index is 12.7. The highest BCUT2D eigenvalue weighted by molar-refractivity contribution is 5.99. The molecular formula is C11H10F3NO. The molecule has 0 amide bonds. The Kier molecular flexibility index (Phi) is 2.40. The summed E-state index contributed by atoms with van der Waals surface area (Å²) in [6, 6.07) is 4.03. The fourth-order valence-corrected chi connectivity index (χ4v) is 2.02. The molecule has 0 heterocycles. The predicted molar refractivity (Wildman–Crippen MR) is 53.2 cm³/mol. The molecule has 2 rings (SSSR count). The maximum Gasteiger partial charge on any atom is 0.395 e. The number of hydrogen-bond donors (Lipinski definition) is 1. The monoisotopic (exact) mass is 229 g/mol. The number of ketones is 1. The van der Waals surface area contributed by atoms with Crippen molar-refractivity contribution in [2.75, 3.05) is 5.73 Å². The Morgan fingerprint density at radius 2 is 2.00 bits per heavy atom. The van der Waals surface area contributed by atoms with E-state index < -0.39 is 12.1 Å². The molecule has 1 aliphatic rings. The number of anilines is 1. The van der Waals surface area contributed by atoms with Crippen LogP contribution in [-0.2, 0) is 0 Å². The topological polar surface area (TPSA) is 43.1 Å². The van der Waals surface area contributed by atoms with E-state index in [0.717, 1.165) is 0 Å². The number of rotatable bonds is 0. The molecule has 0 saturated heterocycles. The maximum atomic E-state index is 12.7. The number of fused-ring (bicyclic) bond motifs is 1. The average Bonchev–Trinajstić information content (AvgIpc) is 2.17. The van der Waals surface area contributed by atoms with Crippen LogP contribution >= 0.6 is 0 Å². The zero-order valence-electron chi connectivity index (χ0n) is 8.34. The van der Waals surface area contributed by atoms with Crippen LogP contribution in [0.25, 0.3) is 0 Å². The summed E-state index contributed by atoms with van der Waals surface area (Å²) in [4.78, 5) is 11.5. The molecule has 1 atom stereocenters. The van der Waals surface area contributed by atoms with E-state index in [-0.39, 0.29) is 29.8 Å². The van der Waals surface area contributed by atoms with Crippen molar-refractivity contribution in [2.24, 2.45) is 0 Å². The first-order valence-corrected chi connectivity index (χ1v) is 4.89. The van der Waals surface area contributed by atoms with Crippen LogP contribution in [-0.4, -0.2) is 12.0 Å². The third-order valence-corrected chi connectivity index (χ3v) is 2.81. The Balaban J connectivity index is 2.53. The van der Waals surface area contributed by atoms with Crippen molar-refractivity contribution in [3.63, 3.8) is 0 Å². The quantitative estimate of drug-likeness (QED) is 0.695. The third kappa shape index (κ3) is 1.77. The molecule has 0 spiro atoms. The third-order valence-electron chi connectivity index (χ3n) is 2.81. The smallest absolute Gasteiger partial charge is 0.395 e. The van der Waals surface area contributed by atoms with Gasteiger partial charge >= 0.3 is 6.18 Å². The zero-order chi connectivity index (χ0) is 11.9. The summed E-state index contributed by atoms with van der Waals surface area (Å²) >= 11 is 0. The van der Waals surface area contributed by atoms with Gasteiger partial charge in [-0.1, -0.05) is 6.07 Å². The van der Waals surface area contributed by atoms with Crippen LogP contribution in [0.15, 0.2) is 18.2 Å². The summed E-state index contributed by atoms with van der Waals surface area (Å²) in [5.41, 5.74) is 5.95. The summed E-state index contributed by atoms with van der Waals surface area (Å²) < 4.78 is 38.1. The normalized spacial score (nSPS) is 20.7. The van der Waals surface area contributed by atoms with Crippen molar-refractivity contribution in [3.8, 4) is 0 Å². The lowest BCUT2D eigenvalue weighted by Gasteiger charge is -2.26. The van der Waals surface area contributed by atoms with Crippen LogP contribution in [0.5, 0.6) is 0 Å². The largest absolute Gasteiger partial charge is 0.399 e. The standard InChI is InChI=1S/C11H10F3NO/c12-11(13,14)9-3-4-10(16)8-5-6(15)1-2-7(8)9/h1-2,5,9H,3-4,15H2/t9-/m0/s1. The lowest BCUT2D eigenvalue weighted by molar-refractivity contribution is -0.152. The SMILES string of the molecule is Nc1ccc2c(c1)C(=O)CC[C@@H]2C(F)(F)F. The van der Waals surface area contributed by atoms with Crippen molar-refractivity contribution in [1.82, 2.24) is 0 Å². The van der Waals surface area contributed by atoms with E-state index in [4.69, 9.17) is 5.73 Å². The fourth-order valence-electron chi connectivity index (χ4n) is 2.02. The fraction of sp³-hybridized carbons (Fsp3) is 0.364. The van der Waals surface area contributed by atoms with Gasteiger partial charge in [0.15, 0.2) is 5.78 Å². The van der Waals surface area contributed by atoms with Gasteiger partial charge in [-0.3, -0.25) is 4.79 Å². The molecule has 5 heteroatoms.